The smallest absolute Gasteiger partial charge is 0.349 e. The lowest BCUT2D eigenvalue weighted by Gasteiger charge is -2.26. The van der Waals surface area contributed by atoms with Crippen molar-refractivity contribution in [3.63, 3.8) is 0 Å². The van der Waals surface area contributed by atoms with Crippen molar-refractivity contribution in [2.24, 2.45) is 0 Å². The minimum Gasteiger partial charge on any atom is -0.428 e. The minimum atomic E-state index is -2.73. The highest BCUT2D eigenvalue weighted by Gasteiger charge is 2.28. The van der Waals surface area contributed by atoms with Gasteiger partial charge >= 0.3 is 5.69 Å². The molecule has 0 heterocycles. The van der Waals surface area contributed by atoms with Gasteiger partial charge in [0.2, 0.25) is 0 Å². The van der Waals surface area contributed by atoms with E-state index < -0.39 is 5.69 Å². The van der Waals surface area contributed by atoms with Crippen molar-refractivity contribution >= 4 is 28.9 Å². The summed E-state index contributed by atoms with van der Waals surface area (Å²) in [4.78, 5) is 0. The van der Waals surface area contributed by atoms with Gasteiger partial charge in [-0.25, -0.2) is 0 Å². The number of aryl methyl sites for hydroxylation is 2. The first-order valence-corrected chi connectivity index (χ1v) is 16.0. The summed E-state index contributed by atoms with van der Waals surface area (Å²) in [5.74, 6) is 1.59. The van der Waals surface area contributed by atoms with Crippen molar-refractivity contribution in [2.45, 2.75) is 64.5 Å². The SMILES string of the molecule is CCCCc1cccc(OP(=S)(Oc2cccc(CCCC)c2)SC(C)c2ccccc2)c1. The molecule has 0 bridgehead atoms. The number of unbranched alkanes of at least 4 members (excludes halogenated alkanes) is 2. The summed E-state index contributed by atoms with van der Waals surface area (Å²) in [6.45, 7) is 6.59. The van der Waals surface area contributed by atoms with Crippen molar-refractivity contribution in [3.05, 3.63) is 95.6 Å². The monoisotopic (exact) mass is 498 g/mol. The molecule has 3 aromatic carbocycles. The molecule has 0 radical (unpaired) electrons. The molecule has 0 saturated heterocycles. The Hall–Kier alpha value is -1.74. The van der Waals surface area contributed by atoms with Gasteiger partial charge in [-0.3, -0.25) is 0 Å². The van der Waals surface area contributed by atoms with Crippen molar-refractivity contribution in [3.8, 4) is 11.5 Å². The van der Waals surface area contributed by atoms with Gasteiger partial charge in [0.15, 0.2) is 0 Å². The van der Waals surface area contributed by atoms with E-state index in [2.05, 4.69) is 81.4 Å². The fourth-order valence-electron chi connectivity index (χ4n) is 3.58. The summed E-state index contributed by atoms with van der Waals surface area (Å²) in [7, 11) is 0. The fourth-order valence-corrected chi connectivity index (χ4v) is 9.09. The van der Waals surface area contributed by atoms with E-state index in [-0.39, 0.29) is 5.25 Å². The highest BCUT2D eigenvalue weighted by Crippen LogP contribution is 2.64. The van der Waals surface area contributed by atoms with Gasteiger partial charge in [-0.15, -0.1) is 0 Å². The Balaban J connectivity index is 1.85. The van der Waals surface area contributed by atoms with Gasteiger partial charge in [0, 0.05) is 5.25 Å². The van der Waals surface area contributed by atoms with E-state index in [4.69, 9.17) is 20.9 Å². The summed E-state index contributed by atoms with van der Waals surface area (Å²) in [5.41, 5.74) is 1.05. The van der Waals surface area contributed by atoms with Crippen LogP contribution < -0.4 is 9.05 Å². The number of benzene rings is 3. The predicted octanol–water partition coefficient (Wildman–Crippen LogP) is 9.55. The quantitative estimate of drug-likeness (QED) is 0.218. The lowest BCUT2D eigenvalue weighted by Crippen LogP contribution is -2.01. The van der Waals surface area contributed by atoms with Gasteiger partial charge in [-0.05, 0) is 96.8 Å². The highest BCUT2D eigenvalue weighted by atomic mass is 32.9. The molecule has 3 rings (SSSR count). The van der Waals surface area contributed by atoms with E-state index in [9.17, 15) is 0 Å². The van der Waals surface area contributed by atoms with E-state index in [0.717, 1.165) is 24.3 Å². The molecule has 3 aromatic rings. The van der Waals surface area contributed by atoms with Crippen molar-refractivity contribution < 1.29 is 9.05 Å². The molecular weight excluding hydrogens is 463 g/mol. The van der Waals surface area contributed by atoms with Gasteiger partial charge < -0.3 is 9.05 Å². The lowest BCUT2D eigenvalue weighted by atomic mass is 10.1. The summed E-state index contributed by atoms with van der Waals surface area (Å²) in [6.07, 6.45) is 6.77. The van der Waals surface area contributed by atoms with Gasteiger partial charge in [-0.1, -0.05) is 81.3 Å². The van der Waals surface area contributed by atoms with Gasteiger partial charge in [0.1, 0.15) is 11.5 Å². The molecule has 0 spiro atoms. The highest BCUT2D eigenvalue weighted by molar-refractivity contribution is 8.68. The maximum absolute atomic E-state index is 6.51. The predicted molar refractivity (Wildman–Crippen MR) is 148 cm³/mol. The van der Waals surface area contributed by atoms with E-state index >= 15 is 0 Å². The third-order valence-electron chi connectivity index (χ3n) is 5.43. The lowest BCUT2D eigenvalue weighted by molar-refractivity contribution is 0.505. The molecule has 0 N–H and O–H groups in total. The Morgan fingerprint density at radius 2 is 1.27 bits per heavy atom. The molecule has 0 fully saturated rings. The molecule has 0 aromatic heterocycles. The van der Waals surface area contributed by atoms with E-state index in [1.807, 2.05) is 18.2 Å². The topological polar surface area (TPSA) is 18.5 Å². The van der Waals surface area contributed by atoms with Crippen LogP contribution in [-0.4, -0.2) is 0 Å². The average molecular weight is 499 g/mol. The summed E-state index contributed by atoms with van der Waals surface area (Å²) >= 11 is 7.75. The maximum Gasteiger partial charge on any atom is 0.349 e. The molecule has 0 aliphatic heterocycles. The second-order valence-corrected chi connectivity index (χ2v) is 14.7. The first-order valence-electron chi connectivity index (χ1n) is 11.9. The Kier molecular flexibility index (Phi) is 10.4. The molecule has 0 aliphatic carbocycles. The Morgan fingerprint density at radius 3 is 1.76 bits per heavy atom. The maximum atomic E-state index is 6.51. The largest absolute Gasteiger partial charge is 0.428 e. The molecule has 5 heteroatoms. The zero-order valence-electron chi connectivity index (χ0n) is 19.9. The third-order valence-corrected chi connectivity index (χ3v) is 10.5. The Labute approximate surface area is 209 Å². The molecule has 33 heavy (non-hydrogen) atoms. The standard InChI is InChI=1S/C28H35O2PS2/c1-4-6-13-24-15-11-19-27(21-24)29-31(32,33-23(3)26-17-9-8-10-18-26)30-28-20-12-16-25(22-28)14-7-5-2/h8-12,15-23H,4-7,13-14H2,1-3H3. The second-order valence-electron chi connectivity index (χ2n) is 8.29. The Morgan fingerprint density at radius 1 is 0.758 bits per heavy atom. The van der Waals surface area contributed by atoms with E-state index in [0.29, 0.717) is 0 Å². The van der Waals surface area contributed by atoms with Crippen LogP contribution in [0.2, 0.25) is 0 Å². The number of hydrogen-bond donors (Lipinski definition) is 0. The van der Waals surface area contributed by atoms with Crippen LogP contribution in [0.3, 0.4) is 0 Å². The number of rotatable bonds is 13. The van der Waals surface area contributed by atoms with Crippen molar-refractivity contribution in [1.82, 2.24) is 0 Å². The first-order chi connectivity index (χ1) is 16.0. The van der Waals surface area contributed by atoms with Crippen LogP contribution in [0.4, 0.5) is 0 Å². The normalized spacial score (nSPS) is 12.3. The third kappa shape index (κ3) is 8.52. The molecule has 2 nitrogen and oxygen atoms in total. The van der Waals surface area contributed by atoms with Crippen LogP contribution in [0.5, 0.6) is 11.5 Å². The summed E-state index contributed by atoms with van der Waals surface area (Å²) in [5, 5.41) is 0.156. The van der Waals surface area contributed by atoms with E-state index in [1.165, 1.54) is 42.4 Å². The second kappa shape index (κ2) is 13.2. The van der Waals surface area contributed by atoms with Crippen LogP contribution in [0.1, 0.15) is 68.4 Å². The summed E-state index contributed by atoms with van der Waals surface area (Å²) in [6, 6.07) is 27.1. The van der Waals surface area contributed by atoms with Gasteiger partial charge in [-0.2, -0.15) is 0 Å². The molecular formula is C28H35O2PS2. The van der Waals surface area contributed by atoms with Crippen LogP contribution in [-0.2, 0) is 24.6 Å². The van der Waals surface area contributed by atoms with Crippen LogP contribution in [0.25, 0.3) is 0 Å². The summed E-state index contributed by atoms with van der Waals surface area (Å²) < 4.78 is 13.0. The van der Waals surface area contributed by atoms with Crippen molar-refractivity contribution in [2.75, 3.05) is 0 Å². The van der Waals surface area contributed by atoms with Crippen LogP contribution in [0.15, 0.2) is 78.9 Å². The molecule has 176 valence electrons. The minimum absolute atomic E-state index is 0.156. The molecule has 1 atom stereocenters. The van der Waals surface area contributed by atoms with Gasteiger partial charge in [0.05, 0.1) is 0 Å². The molecule has 1 unspecified atom stereocenters. The zero-order chi connectivity index (χ0) is 23.5. The van der Waals surface area contributed by atoms with Crippen LogP contribution in [0, 0.1) is 0 Å². The van der Waals surface area contributed by atoms with Gasteiger partial charge in [0.25, 0.3) is 0 Å². The Bertz CT molecular complexity index is 981. The molecule has 0 aliphatic rings. The van der Waals surface area contributed by atoms with E-state index in [1.54, 1.807) is 11.4 Å². The zero-order valence-corrected chi connectivity index (χ0v) is 22.4. The first kappa shape index (κ1) is 25.9. The molecule has 0 amide bonds. The fraction of sp³-hybridized carbons (Fsp3) is 0.357. The van der Waals surface area contributed by atoms with Crippen LogP contribution >= 0.6 is 17.1 Å². The number of hydrogen-bond acceptors (Lipinski definition) is 4. The van der Waals surface area contributed by atoms with Crippen molar-refractivity contribution in [1.29, 1.82) is 0 Å². The molecule has 0 saturated carbocycles. The average Bonchev–Trinajstić information content (AvgIpc) is 2.82.